The van der Waals surface area contributed by atoms with E-state index in [1.54, 1.807) is 0 Å². The smallest absolute Gasteiger partial charge is 0.307 e. The number of hydrogen-bond acceptors (Lipinski definition) is 2. The summed E-state index contributed by atoms with van der Waals surface area (Å²) in [5.41, 5.74) is -0.355. The normalized spacial score (nSPS) is 32.4. The topological polar surface area (TPSA) is 57.5 Å². The molecule has 0 radical (unpaired) electrons. The summed E-state index contributed by atoms with van der Waals surface area (Å²) >= 11 is 9.61. The van der Waals surface area contributed by atoms with Gasteiger partial charge in [0.25, 0.3) is 0 Å². The summed E-state index contributed by atoms with van der Waals surface area (Å²) in [6.07, 6.45) is -0.793. The molecule has 1 aliphatic rings. The highest BCUT2D eigenvalue weighted by Crippen LogP contribution is 2.63. The largest absolute Gasteiger partial charge is 0.481 e. The maximum atomic E-state index is 10.9. The molecule has 3 atom stereocenters. The minimum absolute atomic E-state index is 0.252. The lowest BCUT2D eigenvalue weighted by Gasteiger charge is -2.21. The third kappa shape index (κ3) is 2.18. The van der Waals surface area contributed by atoms with Gasteiger partial charge >= 0.3 is 5.97 Å². The Bertz CT molecular complexity index is 259. The molecule has 1 aliphatic carbocycles. The lowest BCUT2D eigenvalue weighted by atomic mass is 10.1. The fourth-order valence-electron chi connectivity index (χ4n) is 1.94. The fourth-order valence-corrected chi connectivity index (χ4v) is 2.80. The van der Waals surface area contributed by atoms with Gasteiger partial charge in [-0.05, 0) is 5.41 Å². The van der Waals surface area contributed by atoms with E-state index in [-0.39, 0.29) is 11.3 Å². The van der Waals surface area contributed by atoms with Gasteiger partial charge in [0.05, 0.1) is 12.0 Å². The minimum Gasteiger partial charge on any atom is -0.481 e. The summed E-state index contributed by atoms with van der Waals surface area (Å²) in [6.45, 7) is 3.69. The van der Waals surface area contributed by atoms with Crippen LogP contribution in [-0.2, 0) is 4.79 Å². The fraction of sp³-hybridized carbons (Fsp3) is 0.875. The number of carboxylic acids is 1. The zero-order valence-electron chi connectivity index (χ0n) is 7.67. The van der Waals surface area contributed by atoms with Crippen LogP contribution in [0.4, 0.5) is 0 Å². The van der Waals surface area contributed by atoms with Crippen molar-refractivity contribution in [2.45, 2.75) is 22.1 Å². The van der Waals surface area contributed by atoms with Crippen molar-refractivity contribution in [2.75, 3.05) is 0 Å². The minimum atomic E-state index is -0.851. The molecular formula is C8H11Br3O3. The summed E-state index contributed by atoms with van der Waals surface area (Å²) < 4.78 is -0.806. The van der Waals surface area contributed by atoms with Crippen LogP contribution in [0.3, 0.4) is 0 Å². The molecule has 0 spiro atoms. The van der Waals surface area contributed by atoms with Gasteiger partial charge in [-0.25, -0.2) is 0 Å². The highest BCUT2D eigenvalue weighted by atomic mass is 80.0. The second-order valence-corrected chi connectivity index (χ2v) is 11.1. The van der Waals surface area contributed by atoms with Crippen molar-refractivity contribution >= 4 is 53.8 Å². The number of aliphatic hydroxyl groups excluding tert-OH is 1. The van der Waals surface area contributed by atoms with E-state index in [1.807, 2.05) is 13.8 Å². The molecule has 1 rings (SSSR count). The number of alkyl halides is 3. The van der Waals surface area contributed by atoms with E-state index >= 15 is 0 Å². The van der Waals surface area contributed by atoms with Gasteiger partial charge in [0.15, 0.2) is 2.14 Å². The Morgan fingerprint density at radius 1 is 1.43 bits per heavy atom. The summed E-state index contributed by atoms with van der Waals surface area (Å²) in [4.78, 5) is 10.9. The van der Waals surface area contributed by atoms with E-state index in [9.17, 15) is 9.90 Å². The second-order valence-electron chi connectivity index (χ2n) is 4.15. The highest BCUT2D eigenvalue weighted by Gasteiger charge is 2.67. The van der Waals surface area contributed by atoms with Crippen molar-refractivity contribution in [2.24, 2.45) is 17.3 Å². The van der Waals surface area contributed by atoms with Crippen LogP contribution >= 0.6 is 47.8 Å². The van der Waals surface area contributed by atoms with Gasteiger partial charge in [0, 0.05) is 5.92 Å². The van der Waals surface area contributed by atoms with Gasteiger partial charge in [-0.2, -0.15) is 0 Å². The molecule has 6 heteroatoms. The van der Waals surface area contributed by atoms with Crippen LogP contribution in [-0.4, -0.2) is 24.4 Å². The monoisotopic (exact) mass is 392 g/mol. The Hall–Kier alpha value is 0.870. The van der Waals surface area contributed by atoms with Crippen LogP contribution in [0.25, 0.3) is 0 Å². The first-order chi connectivity index (χ1) is 6.10. The third-order valence-corrected chi connectivity index (χ3v) is 4.26. The Kier molecular flexibility index (Phi) is 3.43. The predicted molar refractivity (Wildman–Crippen MR) is 63.9 cm³/mol. The molecule has 0 saturated heterocycles. The summed E-state index contributed by atoms with van der Waals surface area (Å²) in [5.74, 6) is -1.58. The molecule has 14 heavy (non-hydrogen) atoms. The zero-order valence-corrected chi connectivity index (χ0v) is 12.4. The Labute approximate surface area is 108 Å². The molecule has 0 aromatic rings. The molecule has 0 aromatic heterocycles. The molecule has 1 saturated carbocycles. The molecular weight excluding hydrogens is 384 g/mol. The maximum absolute atomic E-state index is 10.9. The van der Waals surface area contributed by atoms with Crippen molar-refractivity contribution in [3.05, 3.63) is 0 Å². The first kappa shape index (κ1) is 12.9. The average Bonchev–Trinajstić information content (AvgIpc) is 2.49. The molecule has 2 N–H and O–H groups in total. The standard InChI is InChI=1S/C8H11Br3O3/c1-7(2)3(4(7)6(13)14)5(12)8(9,10)11/h3-5,12H,1-2H3,(H,13,14)/t3?,4?,5-/m1/s1. The van der Waals surface area contributed by atoms with Crippen LogP contribution in [0.2, 0.25) is 0 Å². The van der Waals surface area contributed by atoms with E-state index in [2.05, 4.69) is 47.8 Å². The number of carbonyl (C=O) groups is 1. The van der Waals surface area contributed by atoms with Crippen LogP contribution in [0, 0.1) is 17.3 Å². The van der Waals surface area contributed by atoms with Crippen molar-refractivity contribution in [3.63, 3.8) is 0 Å². The number of aliphatic hydroxyl groups is 1. The highest BCUT2D eigenvalue weighted by molar-refractivity contribution is 9.39. The molecule has 2 unspecified atom stereocenters. The second kappa shape index (κ2) is 3.71. The summed E-state index contributed by atoms with van der Waals surface area (Å²) in [5, 5.41) is 18.8. The molecule has 0 aliphatic heterocycles. The van der Waals surface area contributed by atoms with E-state index in [4.69, 9.17) is 5.11 Å². The zero-order chi connectivity index (χ0) is 11.3. The van der Waals surface area contributed by atoms with Crippen LogP contribution in [0.5, 0.6) is 0 Å². The lowest BCUT2D eigenvalue weighted by molar-refractivity contribution is -0.139. The third-order valence-electron chi connectivity index (χ3n) is 2.85. The van der Waals surface area contributed by atoms with Crippen molar-refractivity contribution < 1.29 is 15.0 Å². The molecule has 82 valence electrons. The number of rotatable bonds is 2. The first-order valence-electron chi connectivity index (χ1n) is 4.07. The van der Waals surface area contributed by atoms with Crippen molar-refractivity contribution in [1.82, 2.24) is 0 Å². The number of carboxylic acid groups (broad SMARTS) is 1. The molecule has 0 amide bonds. The summed E-state index contributed by atoms with van der Waals surface area (Å²) in [7, 11) is 0. The Morgan fingerprint density at radius 2 is 1.86 bits per heavy atom. The van der Waals surface area contributed by atoms with Gasteiger partial charge in [-0.3, -0.25) is 4.79 Å². The van der Waals surface area contributed by atoms with Gasteiger partial charge in [-0.15, -0.1) is 0 Å². The first-order valence-corrected chi connectivity index (χ1v) is 6.45. The van der Waals surface area contributed by atoms with Crippen LogP contribution < -0.4 is 0 Å². The SMILES string of the molecule is CC1(C)C(C(=O)O)C1[C@@H](O)C(Br)(Br)Br. The Morgan fingerprint density at radius 3 is 2.07 bits per heavy atom. The van der Waals surface area contributed by atoms with E-state index < -0.39 is 20.1 Å². The van der Waals surface area contributed by atoms with E-state index in [1.165, 1.54) is 0 Å². The molecule has 0 bridgehead atoms. The average molecular weight is 395 g/mol. The number of aliphatic carboxylic acids is 1. The van der Waals surface area contributed by atoms with E-state index in [0.717, 1.165) is 0 Å². The van der Waals surface area contributed by atoms with E-state index in [0.29, 0.717) is 0 Å². The molecule has 3 nitrogen and oxygen atoms in total. The van der Waals surface area contributed by atoms with Gasteiger partial charge in [0.2, 0.25) is 0 Å². The van der Waals surface area contributed by atoms with Crippen molar-refractivity contribution in [1.29, 1.82) is 0 Å². The van der Waals surface area contributed by atoms with Crippen LogP contribution in [0.1, 0.15) is 13.8 Å². The molecule has 1 fully saturated rings. The quantitative estimate of drug-likeness (QED) is 0.708. The van der Waals surface area contributed by atoms with Crippen LogP contribution in [0.15, 0.2) is 0 Å². The molecule has 0 aromatic carbocycles. The Balaban J connectivity index is 2.79. The molecule has 0 heterocycles. The van der Waals surface area contributed by atoms with Crippen molar-refractivity contribution in [3.8, 4) is 0 Å². The van der Waals surface area contributed by atoms with Gasteiger partial charge in [0.1, 0.15) is 0 Å². The van der Waals surface area contributed by atoms with Gasteiger partial charge in [-0.1, -0.05) is 61.6 Å². The van der Waals surface area contributed by atoms with Gasteiger partial charge < -0.3 is 10.2 Å². The number of halogens is 3. The predicted octanol–water partition coefficient (Wildman–Crippen LogP) is 2.54. The maximum Gasteiger partial charge on any atom is 0.307 e. The number of hydrogen-bond donors (Lipinski definition) is 2. The summed E-state index contributed by atoms with van der Waals surface area (Å²) in [6, 6.07) is 0. The lowest BCUT2D eigenvalue weighted by Crippen LogP contribution is -2.28.